The van der Waals surface area contributed by atoms with E-state index in [0.717, 1.165) is 11.6 Å². The Labute approximate surface area is 113 Å². The lowest BCUT2D eigenvalue weighted by Gasteiger charge is -2.13. The summed E-state index contributed by atoms with van der Waals surface area (Å²) in [5.74, 6) is 0. The molecule has 0 saturated heterocycles. The van der Waals surface area contributed by atoms with Crippen molar-refractivity contribution in [3.05, 3.63) is 64.4 Å². The zero-order valence-corrected chi connectivity index (χ0v) is 11.2. The topological polar surface area (TPSA) is 3.88 Å². The highest BCUT2D eigenvalue weighted by molar-refractivity contribution is 6.30. The lowest BCUT2D eigenvalue weighted by molar-refractivity contribution is -0.688. The highest BCUT2D eigenvalue weighted by Gasteiger charge is 2.13. The van der Waals surface area contributed by atoms with Crippen molar-refractivity contribution in [2.75, 3.05) is 0 Å². The summed E-state index contributed by atoms with van der Waals surface area (Å²) in [7, 11) is 0. The number of pyridine rings is 1. The van der Waals surface area contributed by atoms with E-state index in [1.165, 1.54) is 42.4 Å². The van der Waals surface area contributed by atoms with Gasteiger partial charge in [-0.3, -0.25) is 0 Å². The molecular weight excluding hydrogens is 242 g/mol. The van der Waals surface area contributed by atoms with Crippen LogP contribution in [0.4, 0.5) is 0 Å². The molecule has 0 fully saturated rings. The van der Waals surface area contributed by atoms with Gasteiger partial charge in [0.15, 0.2) is 18.9 Å². The summed E-state index contributed by atoms with van der Waals surface area (Å²) in [4.78, 5) is 0. The molecule has 1 aliphatic rings. The van der Waals surface area contributed by atoms with Gasteiger partial charge in [0.2, 0.25) is 0 Å². The van der Waals surface area contributed by atoms with Gasteiger partial charge >= 0.3 is 0 Å². The zero-order chi connectivity index (χ0) is 12.4. The number of benzene rings is 1. The maximum atomic E-state index is 5.90. The number of hydrogen-bond acceptors (Lipinski definition) is 0. The fourth-order valence-corrected chi connectivity index (χ4v) is 2.74. The molecule has 1 aromatic heterocycles. The summed E-state index contributed by atoms with van der Waals surface area (Å²) in [6.45, 7) is 0.921. The summed E-state index contributed by atoms with van der Waals surface area (Å²) in [5.41, 5.74) is 4.35. The number of aromatic nitrogens is 1. The van der Waals surface area contributed by atoms with Gasteiger partial charge in [-0.1, -0.05) is 23.7 Å². The fraction of sp³-hybridized carbons (Fsp3) is 0.312. The Kier molecular flexibility index (Phi) is 3.33. The predicted octanol–water partition coefficient (Wildman–Crippen LogP) is 3.55. The Bertz CT molecular complexity index is 546. The smallest absolute Gasteiger partial charge is 0.173 e. The molecule has 1 heterocycles. The van der Waals surface area contributed by atoms with E-state index in [4.69, 9.17) is 11.6 Å². The van der Waals surface area contributed by atoms with Crippen LogP contribution in [0.3, 0.4) is 0 Å². The monoisotopic (exact) mass is 258 g/mol. The van der Waals surface area contributed by atoms with E-state index in [1.54, 1.807) is 0 Å². The quantitative estimate of drug-likeness (QED) is 0.726. The molecule has 2 aromatic rings. The van der Waals surface area contributed by atoms with E-state index in [2.05, 4.69) is 35.2 Å². The third-order valence-electron chi connectivity index (χ3n) is 3.62. The van der Waals surface area contributed by atoms with Gasteiger partial charge in [0.1, 0.15) is 0 Å². The second-order valence-electron chi connectivity index (χ2n) is 5.00. The molecule has 0 bridgehead atoms. The summed E-state index contributed by atoms with van der Waals surface area (Å²) < 4.78 is 2.27. The normalized spacial score (nSPS) is 14.3. The number of rotatable bonds is 2. The number of nitrogens with zero attached hydrogens (tertiary/aromatic N) is 1. The van der Waals surface area contributed by atoms with Gasteiger partial charge in [-0.05, 0) is 43.4 Å². The summed E-state index contributed by atoms with van der Waals surface area (Å²) in [6.07, 6.45) is 9.65. The Balaban J connectivity index is 1.82. The third kappa shape index (κ3) is 2.56. The van der Waals surface area contributed by atoms with Crippen molar-refractivity contribution in [3.63, 3.8) is 0 Å². The van der Waals surface area contributed by atoms with Crippen molar-refractivity contribution < 1.29 is 4.57 Å². The Morgan fingerprint density at radius 1 is 0.944 bits per heavy atom. The second-order valence-corrected chi connectivity index (χ2v) is 5.44. The van der Waals surface area contributed by atoms with Crippen LogP contribution in [-0.2, 0) is 19.4 Å². The van der Waals surface area contributed by atoms with Crippen LogP contribution >= 0.6 is 11.6 Å². The molecule has 92 valence electrons. The van der Waals surface area contributed by atoms with Crippen LogP contribution in [0.5, 0.6) is 0 Å². The number of aryl methyl sites for hydroxylation is 2. The van der Waals surface area contributed by atoms with E-state index in [9.17, 15) is 0 Å². The van der Waals surface area contributed by atoms with Crippen molar-refractivity contribution in [2.45, 2.75) is 32.2 Å². The standard InChI is InChI=1S/C16H17ClN/c17-16-7-5-13(6-8-16)11-18-10-9-14-3-1-2-4-15(14)12-18/h5-10,12H,1-4,11H2/q+1. The molecule has 0 aliphatic heterocycles. The first kappa shape index (κ1) is 11.7. The van der Waals surface area contributed by atoms with Gasteiger partial charge in [0, 0.05) is 22.2 Å². The van der Waals surface area contributed by atoms with Crippen molar-refractivity contribution in [1.29, 1.82) is 0 Å². The lowest BCUT2D eigenvalue weighted by atomic mass is 9.93. The van der Waals surface area contributed by atoms with E-state index in [1.807, 2.05) is 12.1 Å². The minimum Gasteiger partial charge on any atom is -0.200 e. The maximum Gasteiger partial charge on any atom is 0.173 e. The molecular formula is C16H17ClN+. The minimum absolute atomic E-state index is 0.800. The average Bonchev–Trinajstić information content (AvgIpc) is 2.41. The minimum atomic E-state index is 0.800. The molecule has 0 spiro atoms. The molecule has 0 unspecified atom stereocenters. The van der Waals surface area contributed by atoms with Crippen LogP contribution in [0, 0.1) is 0 Å². The van der Waals surface area contributed by atoms with E-state index in [-0.39, 0.29) is 0 Å². The molecule has 0 amide bonds. The number of hydrogen-bond donors (Lipinski definition) is 0. The Morgan fingerprint density at radius 2 is 1.67 bits per heavy atom. The van der Waals surface area contributed by atoms with Gasteiger partial charge in [0.25, 0.3) is 0 Å². The van der Waals surface area contributed by atoms with Gasteiger partial charge in [-0.15, -0.1) is 0 Å². The maximum absolute atomic E-state index is 5.90. The van der Waals surface area contributed by atoms with Crippen molar-refractivity contribution in [3.8, 4) is 0 Å². The molecule has 0 saturated carbocycles. The van der Waals surface area contributed by atoms with Crippen LogP contribution in [0.25, 0.3) is 0 Å². The highest BCUT2D eigenvalue weighted by atomic mass is 35.5. The molecule has 1 aliphatic carbocycles. The molecule has 2 heteroatoms. The summed E-state index contributed by atoms with van der Waals surface area (Å²) >= 11 is 5.90. The van der Waals surface area contributed by atoms with Gasteiger partial charge in [0.05, 0.1) is 0 Å². The highest BCUT2D eigenvalue weighted by Crippen LogP contribution is 2.19. The molecule has 1 nitrogen and oxygen atoms in total. The average molecular weight is 259 g/mol. The van der Waals surface area contributed by atoms with Gasteiger partial charge in [-0.25, -0.2) is 4.57 Å². The number of halogens is 1. The van der Waals surface area contributed by atoms with Crippen LogP contribution in [0.2, 0.25) is 5.02 Å². The van der Waals surface area contributed by atoms with Crippen molar-refractivity contribution in [1.82, 2.24) is 0 Å². The van der Waals surface area contributed by atoms with Crippen LogP contribution < -0.4 is 4.57 Å². The Morgan fingerprint density at radius 3 is 2.44 bits per heavy atom. The van der Waals surface area contributed by atoms with Gasteiger partial charge in [-0.2, -0.15) is 0 Å². The second kappa shape index (κ2) is 5.11. The summed E-state index contributed by atoms with van der Waals surface area (Å²) in [5, 5.41) is 0.800. The van der Waals surface area contributed by atoms with E-state index < -0.39 is 0 Å². The first-order valence-corrected chi connectivity index (χ1v) is 6.94. The van der Waals surface area contributed by atoms with Crippen molar-refractivity contribution in [2.24, 2.45) is 0 Å². The fourth-order valence-electron chi connectivity index (χ4n) is 2.62. The number of fused-ring (bicyclic) bond motifs is 1. The molecule has 1 aromatic carbocycles. The third-order valence-corrected chi connectivity index (χ3v) is 3.87. The van der Waals surface area contributed by atoms with E-state index >= 15 is 0 Å². The van der Waals surface area contributed by atoms with Crippen molar-refractivity contribution >= 4 is 11.6 Å². The summed E-state index contributed by atoms with van der Waals surface area (Å²) in [6, 6.07) is 10.4. The Hall–Kier alpha value is -1.34. The molecule has 0 N–H and O–H groups in total. The van der Waals surface area contributed by atoms with Crippen LogP contribution in [0.1, 0.15) is 29.5 Å². The molecule has 18 heavy (non-hydrogen) atoms. The molecule has 0 atom stereocenters. The SMILES string of the molecule is Clc1ccc(C[n+]2ccc3c(c2)CCCC3)cc1. The first-order valence-electron chi connectivity index (χ1n) is 6.56. The van der Waals surface area contributed by atoms with Gasteiger partial charge < -0.3 is 0 Å². The van der Waals surface area contributed by atoms with Crippen LogP contribution in [0.15, 0.2) is 42.7 Å². The predicted molar refractivity (Wildman–Crippen MR) is 73.8 cm³/mol. The lowest BCUT2D eigenvalue weighted by Crippen LogP contribution is -2.34. The molecule has 3 rings (SSSR count). The molecule has 0 radical (unpaired) electrons. The largest absolute Gasteiger partial charge is 0.200 e. The van der Waals surface area contributed by atoms with Crippen LogP contribution in [-0.4, -0.2) is 0 Å². The first-order chi connectivity index (χ1) is 8.81. The van der Waals surface area contributed by atoms with E-state index in [0.29, 0.717) is 0 Å². The zero-order valence-electron chi connectivity index (χ0n) is 10.4.